The Balaban J connectivity index is 1.38. The van der Waals surface area contributed by atoms with Crippen LogP contribution in [0.1, 0.15) is 37.7 Å². The van der Waals surface area contributed by atoms with Crippen molar-refractivity contribution in [2.75, 3.05) is 6.54 Å². The van der Waals surface area contributed by atoms with E-state index in [9.17, 15) is 4.79 Å². The highest BCUT2D eigenvalue weighted by Crippen LogP contribution is 2.49. The van der Waals surface area contributed by atoms with Gasteiger partial charge in [0.15, 0.2) is 0 Å². The molecule has 0 radical (unpaired) electrons. The second-order valence-electron chi connectivity index (χ2n) is 6.37. The number of amides is 1. The van der Waals surface area contributed by atoms with E-state index in [2.05, 4.69) is 5.32 Å². The molecule has 2 bridgehead atoms. The van der Waals surface area contributed by atoms with Gasteiger partial charge in [-0.2, -0.15) is 0 Å². The molecule has 1 amide bonds. The first-order valence-electron chi connectivity index (χ1n) is 7.72. The third kappa shape index (κ3) is 3.35. The zero-order chi connectivity index (χ0) is 13.9. The van der Waals surface area contributed by atoms with Crippen molar-refractivity contribution in [3.05, 3.63) is 34.9 Å². The van der Waals surface area contributed by atoms with Crippen LogP contribution in [0.15, 0.2) is 24.3 Å². The second kappa shape index (κ2) is 6.17. The molecule has 20 heavy (non-hydrogen) atoms. The molecule has 108 valence electrons. The SMILES string of the molecule is O=C(C[C@H]1C[C@H]2CC[C@H]1C2)NCCc1ccc(Cl)cc1. The lowest BCUT2D eigenvalue weighted by molar-refractivity contribution is -0.122. The fourth-order valence-electron chi connectivity index (χ4n) is 3.93. The minimum absolute atomic E-state index is 0.233. The highest BCUT2D eigenvalue weighted by molar-refractivity contribution is 6.30. The summed E-state index contributed by atoms with van der Waals surface area (Å²) in [5.74, 6) is 2.65. The Bertz CT molecular complexity index is 470. The van der Waals surface area contributed by atoms with E-state index in [4.69, 9.17) is 11.6 Å². The van der Waals surface area contributed by atoms with Gasteiger partial charge in [0.2, 0.25) is 5.91 Å². The summed E-state index contributed by atoms with van der Waals surface area (Å²) in [4.78, 5) is 12.0. The van der Waals surface area contributed by atoms with Crippen molar-refractivity contribution in [2.24, 2.45) is 17.8 Å². The maximum atomic E-state index is 12.0. The predicted octanol–water partition coefficient (Wildman–Crippen LogP) is 3.83. The Morgan fingerprint density at radius 2 is 2.00 bits per heavy atom. The van der Waals surface area contributed by atoms with Gasteiger partial charge in [-0.25, -0.2) is 0 Å². The van der Waals surface area contributed by atoms with Crippen LogP contribution in [-0.4, -0.2) is 12.5 Å². The van der Waals surface area contributed by atoms with Crippen molar-refractivity contribution in [1.82, 2.24) is 5.32 Å². The van der Waals surface area contributed by atoms with E-state index in [-0.39, 0.29) is 5.91 Å². The van der Waals surface area contributed by atoms with Gasteiger partial charge in [-0.1, -0.05) is 30.2 Å². The average molecular weight is 292 g/mol. The van der Waals surface area contributed by atoms with Crippen LogP contribution in [-0.2, 0) is 11.2 Å². The van der Waals surface area contributed by atoms with Crippen LogP contribution in [0.2, 0.25) is 5.02 Å². The van der Waals surface area contributed by atoms with E-state index in [1.54, 1.807) is 0 Å². The number of nitrogens with one attached hydrogen (secondary N) is 1. The van der Waals surface area contributed by atoms with E-state index in [0.717, 1.165) is 36.2 Å². The average Bonchev–Trinajstić information content (AvgIpc) is 3.03. The number of carbonyl (C=O) groups excluding carboxylic acids is 1. The van der Waals surface area contributed by atoms with Gasteiger partial charge in [0.1, 0.15) is 0 Å². The van der Waals surface area contributed by atoms with Crippen LogP contribution in [0, 0.1) is 17.8 Å². The fourth-order valence-corrected chi connectivity index (χ4v) is 4.06. The second-order valence-corrected chi connectivity index (χ2v) is 6.80. The van der Waals surface area contributed by atoms with Crippen molar-refractivity contribution in [1.29, 1.82) is 0 Å². The highest BCUT2D eigenvalue weighted by Gasteiger charge is 2.39. The van der Waals surface area contributed by atoms with E-state index < -0.39 is 0 Å². The molecule has 2 aliphatic carbocycles. The first-order valence-corrected chi connectivity index (χ1v) is 8.09. The molecule has 3 atom stereocenters. The van der Waals surface area contributed by atoms with Gasteiger partial charge in [-0.3, -0.25) is 4.79 Å². The lowest BCUT2D eigenvalue weighted by Crippen LogP contribution is -2.28. The predicted molar refractivity (Wildman–Crippen MR) is 81.7 cm³/mol. The number of hydrogen-bond acceptors (Lipinski definition) is 1. The number of rotatable bonds is 5. The largest absolute Gasteiger partial charge is 0.356 e. The van der Waals surface area contributed by atoms with Crippen LogP contribution in [0.5, 0.6) is 0 Å². The summed E-state index contributed by atoms with van der Waals surface area (Å²) >= 11 is 5.85. The monoisotopic (exact) mass is 291 g/mol. The molecule has 3 rings (SSSR count). The molecule has 2 nitrogen and oxygen atoms in total. The van der Waals surface area contributed by atoms with E-state index >= 15 is 0 Å². The first kappa shape index (κ1) is 13.9. The third-order valence-corrected chi connectivity index (χ3v) is 5.23. The van der Waals surface area contributed by atoms with Crippen molar-refractivity contribution in [3.8, 4) is 0 Å². The summed E-state index contributed by atoms with van der Waals surface area (Å²) in [5.41, 5.74) is 1.22. The van der Waals surface area contributed by atoms with Crippen LogP contribution in [0.25, 0.3) is 0 Å². The maximum Gasteiger partial charge on any atom is 0.220 e. The number of hydrogen-bond donors (Lipinski definition) is 1. The Labute approximate surface area is 125 Å². The molecule has 2 aliphatic rings. The fraction of sp³-hybridized carbons (Fsp3) is 0.588. The van der Waals surface area contributed by atoms with Crippen LogP contribution >= 0.6 is 11.6 Å². The third-order valence-electron chi connectivity index (χ3n) is 4.98. The number of benzene rings is 1. The molecule has 0 saturated heterocycles. The quantitative estimate of drug-likeness (QED) is 0.878. The molecule has 2 fully saturated rings. The van der Waals surface area contributed by atoms with Crippen molar-refractivity contribution in [3.63, 3.8) is 0 Å². The number of carbonyl (C=O) groups is 1. The normalized spacial score (nSPS) is 27.8. The summed E-state index contributed by atoms with van der Waals surface area (Å²) in [5, 5.41) is 3.82. The van der Waals surface area contributed by atoms with Crippen LogP contribution < -0.4 is 5.32 Å². The van der Waals surface area contributed by atoms with Gasteiger partial charge in [-0.05, 0) is 61.1 Å². The summed E-state index contributed by atoms with van der Waals surface area (Å²) in [6.45, 7) is 0.723. The Kier molecular flexibility index (Phi) is 4.30. The zero-order valence-corrected chi connectivity index (χ0v) is 12.5. The van der Waals surface area contributed by atoms with Gasteiger partial charge in [0, 0.05) is 18.0 Å². The molecule has 3 heteroatoms. The Morgan fingerprint density at radius 3 is 2.65 bits per heavy atom. The molecule has 1 aromatic rings. The standard InChI is InChI=1S/C17H22ClNO/c18-16-5-2-12(3-6-16)7-8-19-17(20)11-15-10-13-1-4-14(15)9-13/h2-3,5-6,13-15H,1,4,7-11H2,(H,19,20)/t13-,14-,15+/m0/s1. The minimum Gasteiger partial charge on any atom is -0.356 e. The van der Waals surface area contributed by atoms with Gasteiger partial charge < -0.3 is 5.32 Å². The van der Waals surface area contributed by atoms with Gasteiger partial charge in [-0.15, -0.1) is 0 Å². The summed E-state index contributed by atoms with van der Waals surface area (Å²) in [6.07, 6.45) is 7.03. The Hall–Kier alpha value is -1.02. The highest BCUT2D eigenvalue weighted by atomic mass is 35.5. The smallest absolute Gasteiger partial charge is 0.220 e. The minimum atomic E-state index is 0.233. The number of halogens is 1. The van der Waals surface area contributed by atoms with Crippen molar-refractivity contribution in [2.45, 2.75) is 38.5 Å². The molecule has 0 spiro atoms. The molecule has 1 N–H and O–H groups in total. The maximum absolute atomic E-state index is 12.0. The molecule has 0 aromatic heterocycles. The first-order chi connectivity index (χ1) is 9.70. The van der Waals surface area contributed by atoms with Crippen molar-refractivity contribution >= 4 is 17.5 Å². The van der Waals surface area contributed by atoms with E-state index in [1.807, 2.05) is 24.3 Å². The van der Waals surface area contributed by atoms with Crippen LogP contribution in [0.3, 0.4) is 0 Å². The van der Waals surface area contributed by atoms with Crippen LogP contribution in [0.4, 0.5) is 0 Å². The number of fused-ring (bicyclic) bond motifs is 2. The summed E-state index contributed by atoms with van der Waals surface area (Å²) in [6, 6.07) is 7.83. The van der Waals surface area contributed by atoms with Crippen molar-refractivity contribution < 1.29 is 4.79 Å². The molecular formula is C17H22ClNO. The Morgan fingerprint density at radius 1 is 1.20 bits per heavy atom. The summed E-state index contributed by atoms with van der Waals surface area (Å²) in [7, 11) is 0. The van der Waals surface area contributed by atoms with Gasteiger partial charge >= 0.3 is 0 Å². The molecule has 0 unspecified atom stereocenters. The van der Waals surface area contributed by atoms with Gasteiger partial charge in [0.05, 0.1) is 0 Å². The lowest BCUT2D eigenvalue weighted by atomic mass is 9.86. The molecule has 0 aliphatic heterocycles. The molecular weight excluding hydrogens is 270 g/mol. The lowest BCUT2D eigenvalue weighted by Gasteiger charge is -2.20. The molecule has 1 aromatic carbocycles. The molecule has 2 saturated carbocycles. The summed E-state index contributed by atoms with van der Waals surface area (Å²) < 4.78 is 0. The zero-order valence-electron chi connectivity index (χ0n) is 11.8. The van der Waals surface area contributed by atoms with Gasteiger partial charge in [0.25, 0.3) is 0 Å². The van der Waals surface area contributed by atoms with E-state index in [0.29, 0.717) is 5.92 Å². The molecule has 0 heterocycles. The van der Waals surface area contributed by atoms with E-state index in [1.165, 1.54) is 31.2 Å². The topological polar surface area (TPSA) is 29.1 Å².